The van der Waals surface area contributed by atoms with Crippen molar-refractivity contribution in [3.63, 3.8) is 0 Å². The number of alkyl halides is 3. The molecule has 0 saturated carbocycles. The van der Waals surface area contributed by atoms with Gasteiger partial charge in [0.05, 0.1) is 5.41 Å². The summed E-state index contributed by atoms with van der Waals surface area (Å²) in [5.41, 5.74) is 0.298. The van der Waals surface area contributed by atoms with Crippen LogP contribution in [0.5, 0.6) is 0 Å². The van der Waals surface area contributed by atoms with Crippen molar-refractivity contribution in [1.29, 1.82) is 0 Å². The second-order valence-corrected chi connectivity index (χ2v) is 5.38. The summed E-state index contributed by atoms with van der Waals surface area (Å²) in [7, 11) is 0. The van der Waals surface area contributed by atoms with E-state index in [0.717, 1.165) is 15.6 Å². The molecule has 1 aromatic rings. The minimum Gasteiger partial charge on any atom is -0.170 e. The molecule has 0 fully saturated rings. The Morgan fingerprint density at radius 2 is 1.56 bits per heavy atom. The van der Waals surface area contributed by atoms with Gasteiger partial charge in [0.15, 0.2) is 0 Å². The first-order valence-electron chi connectivity index (χ1n) is 4.91. The van der Waals surface area contributed by atoms with Gasteiger partial charge < -0.3 is 0 Å². The topological polar surface area (TPSA) is 0 Å². The highest BCUT2D eigenvalue weighted by molar-refractivity contribution is 9.10. The van der Waals surface area contributed by atoms with E-state index in [1.165, 1.54) is 13.8 Å². The maximum Gasteiger partial charge on any atom is 0.397 e. The van der Waals surface area contributed by atoms with Gasteiger partial charge in [-0.05, 0) is 50.5 Å². The van der Waals surface area contributed by atoms with E-state index in [-0.39, 0.29) is 5.56 Å². The maximum atomic E-state index is 12.9. The molecule has 90 valence electrons. The lowest BCUT2D eigenvalue weighted by Gasteiger charge is -2.29. The Morgan fingerprint density at radius 1 is 1.06 bits per heavy atom. The van der Waals surface area contributed by atoms with Gasteiger partial charge in [-0.25, -0.2) is 0 Å². The smallest absolute Gasteiger partial charge is 0.170 e. The van der Waals surface area contributed by atoms with Crippen molar-refractivity contribution in [2.45, 2.75) is 39.3 Å². The van der Waals surface area contributed by atoms with E-state index in [0.29, 0.717) is 0 Å². The SMILES string of the molecule is Cc1cc(C(C)(C)C(F)(F)F)cc(Br)c1C. The second-order valence-electron chi connectivity index (χ2n) is 4.52. The van der Waals surface area contributed by atoms with Crippen LogP contribution < -0.4 is 0 Å². The first kappa shape index (κ1) is 13.6. The predicted octanol–water partition coefficient (Wildman–Crippen LogP) is 4.91. The van der Waals surface area contributed by atoms with Crippen LogP contribution in [0, 0.1) is 13.8 Å². The molecule has 0 nitrogen and oxygen atoms in total. The quantitative estimate of drug-likeness (QED) is 0.691. The first-order valence-corrected chi connectivity index (χ1v) is 5.70. The molecule has 0 saturated heterocycles. The van der Waals surface area contributed by atoms with E-state index in [2.05, 4.69) is 15.9 Å². The molecule has 0 amide bonds. The highest BCUT2D eigenvalue weighted by Gasteiger charge is 2.48. The molecule has 0 aliphatic carbocycles. The van der Waals surface area contributed by atoms with Gasteiger partial charge in [-0.1, -0.05) is 22.0 Å². The average molecular weight is 295 g/mol. The maximum absolute atomic E-state index is 12.9. The van der Waals surface area contributed by atoms with Gasteiger partial charge in [0, 0.05) is 4.47 Å². The van der Waals surface area contributed by atoms with Crippen molar-refractivity contribution >= 4 is 15.9 Å². The van der Waals surface area contributed by atoms with E-state index >= 15 is 0 Å². The molecule has 0 aliphatic rings. The van der Waals surface area contributed by atoms with Crippen LogP contribution in [0.1, 0.15) is 30.5 Å². The van der Waals surface area contributed by atoms with E-state index < -0.39 is 11.6 Å². The molecule has 0 spiro atoms. The fourth-order valence-corrected chi connectivity index (χ4v) is 1.90. The molecule has 1 rings (SSSR count). The molecule has 0 heterocycles. The first-order chi connectivity index (χ1) is 7.07. The average Bonchev–Trinajstić information content (AvgIpc) is 2.11. The molecule has 0 aromatic heterocycles. The van der Waals surface area contributed by atoms with Gasteiger partial charge in [-0.2, -0.15) is 13.2 Å². The summed E-state index contributed by atoms with van der Waals surface area (Å²) in [6, 6.07) is 3.16. The normalized spacial score (nSPS) is 13.0. The summed E-state index contributed by atoms with van der Waals surface area (Å²) in [5, 5.41) is 0. The number of hydrogen-bond acceptors (Lipinski definition) is 0. The largest absolute Gasteiger partial charge is 0.397 e. The number of halogens is 4. The van der Waals surface area contributed by atoms with Crippen LogP contribution in [0.3, 0.4) is 0 Å². The van der Waals surface area contributed by atoms with Gasteiger partial charge in [-0.3, -0.25) is 0 Å². The monoisotopic (exact) mass is 294 g/mol. The van der Waals surface area contributed by atoms with Gasteiger partial charge in [0.2, 0.25) is 0 Å². The fraction of sp³-hybridized carbons (Fsp3) is 0.500. The van der Waals surface area contributed by atoms with E-state index in [1.54, 1.807) is 12.1 Å². The Hall–Kier alpha value is -0.510. The zero-order chi connectivity index (χ0) is 12.7. The summed E-state index contributed by atoms with van der Waals surface area (Å²) < 4.78 is 39.3. The third-order valence-electron chi connectivity index (χ3n) is 3.03. The summed E-state index contributed by atoms with van der Waals surface area (Å²) in [4.78, 5) is 0. The molecule has 0 aliphatic heterocycles. The zero-order valence-electron chi connectivity index (χ0n) is 9.67. The van der Waals surface area contributed by atoms with Crippen LogP contribution in [0.25, 0.3) is 0 Å². The third kappa shape index (κ3) is 2.26. The molecule has 16 heavy (non-hydrogen) atoms. The molecule has 0 unspecified atom stereocenters. The fourth-order valence-electron chi connectivity index (χ4n) is 1.34. The second kappa shape index (κ2) is 4.06. The Morgan fingerprint density at radius 3 is 1.94 bits per heavy atom. The number of benzene rings is 1. The molecule has 0 N–H and O–H groups in total. The van der Waals surface area contributed by atoms with Crippen LogP contribution in [-0.2, 0) is 5.41 Å². The van der Waals surface area contributed by atoms with E-state index in [9.17, 15) is 13.2 Å². The Kier molecular flexibility index (Phi) is 3.44. The van der Waals surface area contributed by atoms with Crippen molar-refractivity contribution < 1.29 is 13.2 Å². The minimum absolute atomic E-state index is 0.287. The van der Waals surface area contributed by atoms with Gasteiger partial charge >= 0.3 is 6.18 Å². The molecule has 1 aromatic carbocycles. The lowest BCUT2D eigenvalue weighted by molar-refractivity contribution is -0.180. The highest BCUT2D eigenvalue weighted by atomic mass is 79.9. The highest BCUT2D eigenvalue weighted by Crippen LogP contribution is 2.41. The van der Waals surface area contributed by atoms with Crippen LogP contribution in [0.2, 0.25) is 0 Å². The van der Waals surface area contributed by atoms with Crippen molar-refractivity contribution in [1.82, 2.24) is 0 Å². The molecule has 4 heteroatoms. The Bertz CT molecular complexity index is 382. The van der Waals surface area contributed by atoms with Crippen molar-refractivity contribution in [2.24, 2.45) is 0 Å². The number of hydrogen-bond donors (Lipinski definition) is 0. The van der Waals surface area contributed by atoms with Gasteiger partial charge in [-0.15, -0.1) is 0 Å². The van der Waals surface area contributed by atoms with E-state index in [4.69, 9.17) is 0 Å². The van der Waals surface area contributed by atoms with Crippen molar-refractivity contribution in [3.05, 3.63) is 33.3 Å². The van der Waals surface area contributed by atoms with Crippen LogP contribution in [-0.4, -0.2) is 6.18 Å². The number of aryl methyl sites for hydroxylation is 1. The molecular formula is C12H14BrF3. The predicted molar refractivity (Wildman–Crippen MR) is 62.7 cm³/mol. The summed E-state index contributed by atoms with van der Waals surface area (Å²) in [5.74, 6) is 0. The molecule has 0 atom stereocenters. The summed E-state index contributed by atoms with van der Waals surface area (Å²) in [6.07, 6.45) is -4.24. The number of rotatable bonds is 1. The molecular weight excluding hydrogens is 281 g/mol. The lowest BCUT2D eigenvalue weighted by Crippen LogP contribution is -2.36. The van der Waals surface area contributed by atoms with Crippen molar-refractivity contribution in [3.8, 4) is 0 Å². The van der Waals surface area contributed by atoms with Crippen LogP contribution in [0.15, 0.2) is 16.6 Å². The summed E-state index contributed by atoms with van der Waals surface area (Å²) >= 11 is 3.29. The van der Waals surface area contributed by atoms with Crippen LogP contribution in [0.4, 0.5) is 13.2 Å². The van der Waals surface area contributed by atoms with E-state index in [1.807, 2.05) is 13.8 Å². The standard InChI is InChI=1S/C12H14BrF3/c1-7-5-9(6-10(13)8(7)2)11(3,4)12(14,15)16/h5-6H,1-4H3. The van der Waals surface area contributed by atoms with Crippen molar-refractivity contribution in [2.75, 3.05) is 0 Å². The third-order valence-corrected chi connectivity index (χ3v) is 3.86. The molecule has 0 radical (unpaired) electrons. The molecule has 0 bridgehead atoms. The van der Waals surface area contributed by atoms with Gasteiger partial charge in [0.1, 0.15) is 0 Å². The zero-order valence-corrected chi connectivity index (χ0v) is 11.3. The Labute approximate surface area is 102 Å². The minimum atomic E-state index is -4.24. The Balaban J connectivity index is 3.35. The summed E-state index contributed by atoms with van der Waals surface area (Å²) in [6.45, 7) is 6.09. The van der Waals surface area contributed by atoms with Gasteiger partial charge in [0.25, 0.3) is 0 Å². The lowest BCUT2D eigenvalue weighted by atomic mass is 9.82. The van der Waals surface area contributed by atoms with Crippen LogP contribution >= 0.6 is 15.9 Å².